The van der Waals surface area contributed by atoms with Gasteiger partial charge in [0.05, 0.1) is 5.41 Å². The number of nitrogens with one attached hydrogen (secondary N) is 1. The fourth-order valence-corrected chi connectivity index (χ4v) is 9.48. The molecule has 10 rings (SSSR count). The molecule has 1 N–H and O–H groups in total. The predicted octanol–water partition coefficient (Wildman–Crippen LogP) is 13.5. The van der Waals surface area contributed by atoms with Gasteiger partial charge in [0.1, 0.15) is 0 Å². The minimum atomic E-state index is -0.414. The molecule has 8 aromatic carbocycles. The molecule has 0 fully saturated rings. The van der Waals surface area contributed by atoms with Gasteiger partial charge in [0.15, 0.2) is 0 Å². The maximum absolute atomic E-state index is 3.75. The molecule has 240 valence electrons. The van der Waals surface area contributed by atoms with Crippen LogP contribution >= 0.6 is 11.3 Å². The topological polar surface area (TPSA) is 12.0 Å². The Balaban J connectivity index is 1.01. The Morgan fingerprint density at radius 2 is 0.980 bits per heavy atom. The Morgan fingerprint density at radius 3 is 1.73 bits per heavy atom. The molecule has 1 aliphatic rings. The highest BCUT2D eigenvalue weighted by molar-refractivity contribution is 7.26. The van der Waals surface area contributed by atoms with E-state index in [4.69, 9.17) is 0 Å². The molecule has 1 nitrogen and oxygen atoms in total. The number of fused-ring (bicyclic) bond motifs is 6. The lowest BCUT2D eigenvalue weighted by Crippen LogP contribution is -2.28. The molecule has 1 aliphatic carbocycles. The summed E-state index contributed by atoms with van der Waals surface area (Å²) in [4.78, 5) is 0. The summed E-state index contributed by atoms with van der Waals surface area (Å²) in [6.45, 7) is 0. The van der Waals surface area contributed by atoms with Gasteiger partial charge in [-0.2, -0.15) is 0 Å². The third-order valence-corrected chi connectivity index (χ3v) is 11.8. The monoisotopic (exact) mass is 667 g/mol. The van der Waals surface area contributed by atoms with Crippen LogP contribution in [-0.4, -0.2) is 0 Å². The summed E-state index contributed by atoms with van der Waals surface area (Å²) < 4.78 is 2.66. The molecule has 0 radical (unpaired) electrons. The first-order valence-corrected chi connectivity index (χ1v) is 18.3. The molecule has 51 heavy (non-hydrogen) atoms. The van der Waals surface area contributed by atoms with Gasteiger partial charge >= 0.3 is 0 Å². The summed E-state index contributed by atoms with van der Waals surface area (Å²) >= 11 is 1.88. The van der Waals surface area contributed by atoms with Crippen LogP contribution in [0.3, 0.4) is 0 Å². The van der Waals surface area contributed by atoms with Gasteiger partial charge in [-0.05, 0) is 92.0 Å². The summed E-state index contributed by atoms with van der Waals surface area (Å²) in [5.41, 5.74) is 14.5. The van der Waals surface area contributed by atoms with Gasteiger partial charge in [0.25, 0.3) is 0 Å². The molecule has 2 heteroatoms. The zero-order valence-electron chi connectivity index (χ0n) is 27.9. The molecule has 0 saturated carbocycles. The molecule has 0 saturated heterocycles. The molecule has 0 aliphatic heterocycles. The van der Waals surface area contributed by atoms with E-state index in [2.05, 4.69) is 199 Å². The van der Waals surface area contributed by atoms with E-state index < -0.39 is 5.41 Å². The van der Waals surface area contributed by atoms with Crippen molar-refractivity contribution in [1.82, 2.24) is 0 Å². The second-order valence-electron chi connectivity index (χ2n) is 13.4. The van der Waals surface area contributed by atoms with E-state index in [1.807, 2.05) is 11.3 Å². The molecule has 9 aromatic rings. The highest BCUT2D eigenvalue weighted by atomic mass is 32.1. The van der Waals surface area contributed by atoms with E-state index in [1.54, 1.807) is 0 Å². The quantitative estimate of drug-likeness (QED) is 0.186. The predicted molar refractivity (Wildman–Crippen MR) is 217 cm³/mol. The summed E-state index contributed by atoms with van der Waals surface area (Å²) in [5, 5.41) is 6.38. The van der Waals surface area contributed by atoms with Crippen LogP contribution in [0, 0.1) is 0 Å². The summed E-state index contributed by atoms with van der Waals surface area (Å²) in [6, 6.07) is 70.9. The van der Waals surface area contributed by atoms with Crippen LogP contribution in [0.4, 0.5) is 11.4 Å². The smallest absolute Gasteiger partial charge is 0.0714 e. The Hall–Kier alpha value is -6.22. The highest BCUT2D eigenvalue weighted by Crippen LogP contribution is 2.56. The van der Waals surface area contributed by atoms with Gasteiger partial charge < -0.3 is 5.32 Å². The SMILES string of the molecule is c1ccc(-c2cccc3c2sc2ccc(-c4ccc(Nc5ccc6c(c5)C(c5ccccc5)(c5ccccc5)c5ccccc5-6)cc4)cc23)cc1. The van der Waals surface area contributed by atoms with E-state index >= 15 is 0 Å². The number of hydrogen-bond donors (Lipinski definition) is 1. The minimum Gasteiger partial charge on any atom is -0.356 e. The maximum Gasteiger partial charge on any atom is 0.0714 e. The van der Waals surface area contributed by atoms with Crippen molar-refractivity contribution < 1.29 is 0 Å². The van der Waals surface area contributed by atoms with Gasteiger partial charge in [0.2, 0.25) is 0 Å². The van der Waals surface area contributed by atoms with Gasteiger partial charge in [-0.25, -0.2) is 0 Å². The largest absolute Gasteiger partial charge is 0.356 e. The van der Waals surface area contributed by atoms with Gasteiger partial charge in [-0.15, -0.1) is 11.3 Å². The third-order valence-electron chi connectivity index (χ3n) is 10.5. The molecule has 0 unspecified atom stereocenters. The summed E-state index contributed by atoms with van der Waals surface area (Å²) in [7, 11) is 0. The van der Waals surface area contributed by atoms with Crippen LogP contribution in [-0.2, 0) is 5.41 Å². The fraction of sp³-hybridized carbons (Fsp3) is 0.0204. The van der Waals surface area contributed by atoms with Gasteiger partial charge in [0, 0.05) is 31.5 Å². The molecule has 1 heterocycles. The van der Waals surface area contributed by atoms with E-state index in [0.717, 1.165) is 11.4 Å². The van der Waals surface area contributed by atoms with Crippen molar-refractivity contribution in [3.63, 3.8) is 0 Å². The molecule has 0 bridgehead atoms. The lowest BCUT2D eigenvalue weighted by atomic mass is 9.67. The molecule has 0 spiro atoms. The van der Waals surface area contributed by atoms with Crippen LogP contribution < -0.4 is 5.32 Å². The Labute approximate surface area is 302 Å². The maximum atomic E-state index is 3.75. The van der Waals surface area contributed by atoms with Crippen LogP contribution in [0.2, 0.25) is 0 Å². The lowest BCUT2D eigenvalue weighted by Gasteiger charge is -2.34. The van der Waals surface area contributed by atoms with Crippen molar-refractivity contribution in [3.8, 4) is 33.4 Å². The zero-order valence-corrected chi connectivity index (χ0v) is 28.7. The molecular weight excluding hydrogens is 635 g/mol. The summed E-state index contributed by atoms with van der Waals surface area (Å²) in [6.07, 6.45) is 0. The molecular formula is C49H33NS. The average molecular weight is 668 g/mol. The minimum absolute atomic E-state index is 0.414. The number of hydrogen-bond acceptors (Lipinski definition) is 2. The van der Waals surface area contributed by atoms with Crippen molar-refractivity contribution >= 4 is 42.9 Å². The second kappa shape index (κ2) is 12.0. The number of rotatable bonds is 6. The van der Waals surface area contributed by atoms with Gasteiger partial charge in [-0.3, -0.25) is 0 Å². The first-order valence-electron chi connectivity index (χ1n) is 17.5. The second-order valence-corrected chi connectivity index (χ2v) is 14.4. The number of benzene rings is 8. The third kappa shape index (κ3) is 4.75. The highest BCUT2D eigenvalue weighted by Gasteiger charge is 2.46. The normalized spacial score (nSPS) is 12.9. The van der Waals surface area contributed by atoms with Crippen molar-refractivity contribution in [1.29, 1.82) is 0 Å². The van der Waals surface area contributed by atoms with E-state index in [-0.39, 0.29) is 0 Å². The van der Waals surface area contributed by atoms with E-state index in [9.17, 15) is 0 Å². The Morgan fingerprint density at radius 1 is 0.373 bits per heavy atom. The van der Waals surface area contributed by atoms with Crippen molar-refractivity contribution in [2.75, 3.05) is 5.32 Å². The molecule has 1 aromatic heterocycles. The lowest BCUT2D eigenvalue weighted by molar-refractivity contribution is 0.769. The number of anilines is 2. The van der Waals surface area contributed by atoms with Crippen molar-refractivity contribution in [2.24, 2.45) is 0 Å². The van der Waals surface area contributed by atoms with E-state index in [1.165, 1.54) is 75.8 Å². The first-order chi connectivity index (χ1) is 25.3. The first kappa shape index (κ1) is 29.7. The van der Waals surface area contributed by atoms with Gasteiger partial charge in [-0.1, -0.05) is 158 Å². The van der Waals surface area contributed by atoms with Crippen LogP contribution in [0.25, 0.3) is 53.6 Å². The van der Waals surface area contributed by atoms with Crippen molar-refractivity contribution in [2.45, 2.75) is 5.41 Å². The van der Waals surface area contributed by atoms with Crippen molar-refractivity contribution in [3.05, 3.63) is 216 Å². The zero-order chi connectivity index (χ0) is 33.8. The standard InChI is InChI=1S/C49H33NS/c1-4-13-34(14-5-1)40-20-12-21-43-44-31-35(25-30-47(44)51-48(40)43)33-23-26-38(27-24-33)50-39-28-29-42-41-19-10-11-22-45(41)49(46(42)32-39,36-15-6-2-7-16-36)37-17-8-3-9-18-37/h1-32,50H. The van der Waals surface area contributed by atoms with Crippen LogP contribution in [0.15, 0.2) is 194 Å². The Kier molecular flexibility index (Phi) is 6.97. The van der Waals surface area contributed by atoms with E-state index in [0.29, 0.717) is 0 Å². The average Bonchev–Trinajstić information content (AvgIpc) is 3.72. The summed E-state index contributed by atoms with van der Waals surface area (Å²) in [5.74, 6) is 0. The number of thiophene rings is 1. The Bertz CT molecular complexity index is 2650. The van der Waals surface area contributed by atoms with Crippen LogP contribution in [0.1, 0.15) is 22.3 Å². The molecule has 0 atom stereocenters. The molecule has 0 amide bonds. The van der Waals surface area contributed by atoms with Crippen LogP contribution in [0.5, 0.6) is 0 Å². The fourth-order valence-electron chi connectivity index (χ4n) is 8.26.